The Morgan fingerprint density at radius 2 is 1.88 bits per heavy atom. The average Bonchev–Trinajstić information content (AvgIpc) is 3.05. The Hall–Kier alpha value is -2.93. The molecule has 2 heterocycles. The van der Waals surface area contributed by atoms with Crippen LogP contribution in [0.15, 0.2) is 30.3 Å². The van der Waals surface area contributed by atoms with Crippen molar-refractivity contribution in [3.8, 4) is 5.75 Å². The minimum Gasteiger partial charge on any atom is -0.508 e. The molecule has 0 saturated carbocycles. The molecule has 1 atom stereocenters. The van der Waals surface area contributed by atoms with E-state index in [-0.39, 0.29) is 11.7 Å². The van der Waals surface area contributed by atoms with Gasteiger partial charge >= 0.3 is 0 Å². The number of aliphatic hydroxyl groups is 1. The summed E-state index contributed by atoms with van der Waals surface area (Å²) < 4.78 is 27.2. The van der Waals surface area contributed by atoms with Crippen LogP contribution >= 0.6 is 0 Å². The summed E-state index contributed by atoms with van der Waals surface area (Å²) in [6, 6.07) is 5.69. The van der Waals surface area contributed by atoms with E-state index in [0.717, 1.165) is 12.1 Å². The second-order valence-electron chi connectivity index (χ2n) is 5.67. The molecule has 0 saturated heterocycles. The molecule has 122 valence electrons. The van der Waals surface area contributed by atoms with Crippen LogP contribution in [0.25, 0.3) is 10.9 Å². The standard InChI is InChI=1S/C17H12F2N2O3/c18-11-4-10-13(5-12(11)19)20-14(6-22)15(10)16-9-3-7(23)1-2-8(9)17(24)21-16/h1-5,16,20,22-23H,6H2,(H,21,24). The van der Waals surface area contributed by atoms with Crippen LogP contribution in [0.4, 0.5) is 8.78 Å². The van der Waals surface area contributed by atoms with Gasteiger partial charge in [0.1, 0.15) is 5.75 Å². The number of nitrogens with one attached hydrogen (secondary N) is 2. The third-order valence-electron chi connectivity index (χ3n) is 4.27. The lowest BCUT2D eigenvalue weighted by Gasteiger charge is -2.13. The monoisotopic (exact) mass is 330 g/mol. The van der Waals surface area contributed by atoms with Crippen LogP contribution in [0.5, 0.6) is 5.75 Å². The number of aromatic hydroxyl groups is 1. The van der Waals surface area contributed by atoms with Gasteiger partial charge < -0.3 is 20.5 Å². The molecule has 4 N–H and O–H groups in total. The van der Waals surface area contributed by atoms with Gasteiger partial charge in [-0.2, -0.15) is 0 Å². The fourth-order valence-electron chi connectivity index (χ4n) is 3.23. The van der Waals surface area contributed by atoms with Gasteiger partial charge in [0, 0.05) is 33.8 Å². The second kappa shape index (κ2) is 5.04. The highest BCUT2D eigenvalue weighted by molar-refractivity contribution is 6.01. The lowest BCUT2D eigenvalue weighted by Crippen LogP contribution is -2.20. The number of benzene rings is 2. The maximum atomic E-state index is 13.7. The van der Waals surface area contributed by atoms with E-state index in [1.165, 1.54) is 18.2 Å². The number of carbonyl (C=O) groups excluding carboxylic acids is 1. The van der Waals surface area contributed by atoms with Crippen molar-refractivity contribution in [1.29, 1.82) is 0 Å². The van der Waals surface area contributed by atoms with Crippen LogP contribution in [0.2, 0.25) is 0 Å². The zero-order chi connectivity index (χ0) is 17.0. The number of hydrogen-bond donors (Lipinski definition) is 4. The van der Waals surface area contributed by atoms with Crippen molar-refractivity contribution in [3.63, 3.8) is 0 Å². The molecule has 5 nitrogen and oxygen atoms in total. The Balaban J connectivity index is 1.99. The largest absolute Gasteiger partial charge is 0.508 e. The smallest absolute Gasteiger partial charge is 0.252 e. The quantitative estimate of drug-likeness (QED) is 0.582. The average molecular weight is 330 g/mol. The fraction of sp³-hybridized carbons (Fsp3) is 0.118. The summed E-state index contributed by atoms with van der Waals surface area (Å²) in [6.45, 7) is -0.395. The summed E-state index contributed by atoms with van der Waals surface area (Å²) in [5.74, 6) is -2.38. The molecule has 1 aromatic heterocycles. The van der Waals surface area contributed by atoms with Crippen molar-refractivity contribution in [2.24, 2.45) is 0 Å². The molecule has 24 heavy (non-hydrogen) atoms. The molecule has 4 rings (SSSR count). The number of aliphatic hydroxyl groups excluding tert-OH is 1. The third kappa shape index (κ3) is 1.98. The summed E-state index contributed by atoms with van der Waals surface area (Å²) >= 11 is 0. The summed E-state index contributed by atoms with van der Waals surface area (Å²) in [4.78, 5) is 15.0. The number of carbonyl (C=O) groups is 1. The van der Waals surface area contributed by atoms with Crippen LogP contribution in [-0.2, 0) is 6.61 Å². The van der Waals surface area contributed by atoms with Crippen molar-refractivity contribution in [3.05, 3.63) is 64.4 Å². The van der Waals surface area contributed by atoms with E-state index >= 15 is 0 Å². The summed E-state index contributed by atoms with van der Waals surface area (Å²) in [5, 5.41) is 22.4. The lowest BCUT2D eigenvalue weighted by atomic mass is 9.95. The molecular formula is C17H12F2N2O3. The number of halogens is 2. The highest BCUT2D eigenvalue weighted by atomic mass is 19.2. The van der Waals surface area contributed by atoms with E-state index in [0.29, 0.717) is 33.3 Å². The van der Waals surface area contributed by atoms with Crippen molar-refractivity contribution in [2.75, 3.05) is 0 Å². The third-order valence-corrected chi connectivity index (χ3v) is 4.27. The number of phenols is 1. The molecular weight excluding hydrogens is 318 g/mol. The van der Waals surface area contributed by atoms with Crippen molar-refractivity contribution in [2.45, 2.75) is 12.6 Å². The first-order valence-electron chi connectivity index (χ1n) is 7.23. The topological polar surface area (TPSA) is 85.4 Å². The van der Waals surface area contributed by atoms with E-state index in [4.69, 9.17) is 0 Å². The molecule has 1 aliphatic heterocycles. The van der Waals surface area contributed by atoms with Crippen molar-refractivity contribution < 1.29 is 23.8 Å². The van der Waals surface area contributed by atoms with Gasteiger partial charge in [0.15, 0.2) is 11.6 Å². The van der Waals surface area contributed by atoms with Crippen LogP contribution < -0.4 is 5.32 Å². The van der Waals surface area contributed by atoms with Crippen LogP contribution in [0.1, 0.15) is 33.2 Å². The Labute approximate surface area is 134 Å². The number of amides is 1. The van der Waals surface area contributed by atoms with Crippen LogP contribution in [0.3, 0.4) is 0 Å². The predicted octanol–water partition coefficient (Wildman–Crippen LogP) is 2.48. The SMILES string of the molecule is O=C1NC(c2c(CO)[nH]c3cc(F)c(F)cc23)c2cc(O)ccc21. The minimum absolute atomic E-state index is 0.0159. The van der Waals surface area contributed by atoms with Crippen molar-refractivity contribution >= 4 is 16.8 Å². The van der Waals surface area contributed by atoms with E-state index in [1.54, 1.807) is 0 Å². The zero-order valence-corrected chi connectivity index (χ0v) is 12.2. The van der Waals surface area contributed by atoms with Gasteiger partial charge in [0.2, 0.25) is 0 Å². The predicted molar refractivity (Wildman–Crippen MR) is 81.6 cm³/mol. The van der Waals surface area contributed by atoms with E-state index in [1.807, 2.05) is 0 Å². The van der Waals surface area contributed by atoms with Gasteiger partial charge in [-0.15, -0.1) is 0 Å². The molecule has 0 spiro atoms. The van der Waals surface area contributed by atoms with Crippen LogP contribution in [-0.4, -0.2) is 21.1 Å². The van der Waals surface area contributed by atoms with E-state index in [2.05, 4.69) is 10.3 Å². The lowest BCUT2D eigenvalue weighted by molar-refractivity contribution is 0.0960. The molecule has 0 bridgehead atoms. The maximum Gasteiger partial charge on any atom is 0.252 e. The molecule has 0 radical (unpaired) electrons. The van der Waals surface area contributed by atoms with Crippen molar-refractivity contribution in [1.82, 2.24) is 10.3 Å². The van der Waals surface area contributed by atoms with Gasteiger partial charge in [-0.25, -0.2) is 8.78 Å². The van der Waals surface area contributed by atoms with Gasteiger partial charge in [0.05, 0.1) is 12.6 Å². The number of phenolic OH excluding ortho intramolecular Hbond substituents is 1. The number of fused-ring (bicyclic) bond motifs is 2. The molecule has 0 aliphatic carbocycles. The van der Waals surface area contributed by atoms with E-state index < -0.39 is 24.3 Å². The van der Waals surface area contributed by atoms with Gasteiger partial charge in [0.25, 0.3) is 5.91 Å². The minimum atomic E-state index is -1.02. The molecule has 1 unspecified atom stereocenters. The molecule has 7 heteroatoms. The normalized spacial score (nSPS) is 16.5. The molecule has 2 aromatic carbocycles. The first kappa shape index (κ1) is 14.6. The molecule has 1 aliphatic rings. The van der Waals surface area contributed by atoms with Gasteiger partial charge in [-0.1, -0.05) is 0 Å². The number of rotatable bonds is 2. The van der Waals surface area contributed by atoms with Crippen LogP contribution in [0, 0.1) is 11.6 Å². The Morgan fingerprint density at radius 1 is 1.12 bits per heavy atom. The molecule has 3 aromatic rings. The first-order valence-corrected chi connectivity index (χ1v) is 7.23. The Morgan fingerprint density at radius 3 is 2.62 bits per heavy atom. The summed E-state index contributed by atoms with van der Waals surface area (Å²) in [7, 11) is 0. The Kier molecular flexibility index (Phi) is 3.07. The fourth-order valence-corrected chi connectivity index (χ4v) is 3.23. The number of aromatic nitrogens is 1. The highest BCUT2D eigenvalue weighted by Gasteiger charge is 2.33. The molecule has 1 amide bonds. The first-order chi connectivity index (χ1) is 11.5. The molecule has 0 fully saturated rings. The maximum absolute atomic E-state index is 13.7. The summed E-state index contributed by atoms with van der Waals surface area (Å²) in [6.07, 6.45) is 0. The van der Waals surface area contributed by atoms with E-state index in [9.17, 15) is 23.8 Å². The second-order valence-corrected chi connectivity index (χ2v) is 5.67. The summed E-state index contributed by atoms with van der Waals surface area (Å²) in [5.41, 5.74) is 2.01. The zero-order valence-electron chi connectivity index (χ0n) is 12.2. The number of H-pyrrole nitrogens is 1. The number of aromatic amines is 1. The van der Waals surface area contributed by atoms with Gasteiger partial charge in [-0.3, -0.25) is 4.79 Å². The Bertz CT molecular complexity index is 997. The van der Waals surface area contributed by atoms with Gasteiger partial charge in [-0.05, 0) is 29.8 Å². The number of hydrogen-bond acceptors (Lipinski definition) is 3. The highest BCUT2D eigenvalue weighted by Crippen LogP contribution is 2.38.